The average Bonchev–Trinajstić information content (AvgIpc) is 3.30. The van der Waals surface area contributed by atoms with Crippen LogP contribution in [0.1, 0.15) is 46.0 Å². The topological polar surface area (TPSA) is 69.7 Å². The SMILES string of the molecule is CC(C)N1CC(C(=O)N2CCC(NC(=O)C3CC3)CC2)CC1=O. The van der Waals surface area contributed by atoms with Crippen LogP contribution in [-0.2, 0) is 14.4 Å². The van der Waals surface area contributed by atoms with Gasteiger partial charge in [-0.1, -0.05) is 0 Å². The molecule has 3 fully saturated rings. The van der Waals surface area contributed by atoms with Gasteiger partial charge >= 0.3 is 0 Å². The first-order chi connectivity index (χ1) is 11.0. The van der Waals surface area contributed by atoms with Crippen LogP contribution >= 0.6 is 0 Å². The van der Waals surface area contributed by atoms with Gasteiger partial charge in [0.15, 0.2) is 0 Å². The van der Waals surface area contributed by atoms with Crippen LogP contribution in [0.25, 0.3) is 0 Å². The molecule has 3 amide bonds. The molecule has 2 saturated heterocycles. The van der Waals surface area contributed by atoms with Crippen molar-refractivity contribution in [2.75, 3.05) is 19.6 Å². The summed E-state index contributed by atoms with van der Waals surface area (Å²) in [6.07, 6.45) is 4.02. The van der Waals surface area contributed by atoms with Crippen molar-refractivity contribution in [1.29, 1.82) is 0 Å². The average molecular weight is 321 g/mol. The summed E-state index contributed by atoms with van der Waals surface area (Å²) in [5, 5.41) is 3.10. The zero-order valence-corrected chi connectivity index (χ0v) is 14.1. The van der Waals surface area contributed by atoms with Gasteiger partial charge in [-0.2, -0.15) is 0 Å². The van der Waals surface area contributed by atoms with Gasteiger partial charge in [-0.05, 0) is 39.5 Å². The third-order valence-electron chi connectivity index (χ3n) is 5.23. The van der Waals surface area contributed by atoms with Gasteiger partial charge in [-0.3, -0.25) is 14.4 Å². The minimum atomic E-state index is -0.192. The molecule has 128 valence electrons. The first-order valence-corrected chi connectivity index (χ1v) is 8.84. The van der Waals surface area contributed by atoms with E-state index in [4.69, 9.17) is 0 Å². The summed E-state index contributed by atoms with van der Waals surface area (Å²) >= 11 is 0. The van der Waals surface area contributed by atoms with E-state index in [1.165, 1.54) is 0 Å². The summed E-state index contributed by atoms with van der Waals surface area (Å²) in [5.41, 5.74) is 0. The third kappa shape index (κ3) is 3.67. The highest BCUT2D eigenvalue weighted by Crippen LogP contribution is 2.29. The van der Waals surface area contributed by atoms with E-state index in [9.17, 15) is 14.4 Å². The molecule has 0 radical (unpaired) electrons. The molecule has 2 aliphatic heterocycles. The Morgan fingerprint density at radius 3 is 2.26 bits per heavy atom. The molecule has 1 saturated carbocycles. The molecule has 3 aliphatic rings. The maximum absolute atomic E-state index is 12.6. The summed E-state index contributed by atoms with van der Waals surface area (Å²) in [7, 11) is 0. The van der Waals surface area contributed by atoms with Crippen molar-refractivity contribution >= 4 is 17.7 Å². The minimum absolute atomic E-state index is 0.0879. The molecule has 0 spiro atoms. The normalized spacial score (nSPS) is 26.0. The summed E-state index contributed by atoms with van der Waals surface area (Å²) in [6.45, 7) is 5.88. The molecule has 1 unspecified atom stereocenters. The fraction of sp³-hybridized carbons (Fsp3) is 0.824. The number of nitrogens with one attached hydrogen (secondary N) is 1. The predicted molar refractivity (Wildman–Crippen MR) is 85.4 cm³/mol. The number of amides is 3. The van der Waals surface area contributed by atoms with E-state index in [0.29, 0.717) is 26.1 Å². The Morgan fingerprint density at radius 2 is 1.74 bits per heavy atom. The number of hydrogen-bond acceptors (Lipinski definition) is 3. The second-order valence-electron chi connectivity index (χ2n) is 7.42. The van der Waals surface area contributed by atoms with Gasteiger partial charge in [-0.25, -0.2) is 0 Å². The van der Waals surface area contributed by atoms with Crippen molar-refractivity contribution in [2.45, 2.75) is 58.0 Å². The third-order valence-corrected chi connectivity index (χ3v) is 5.23. The van der Waals surface area contributed by atoms with Gasteiger partial charge in [-0.15, -0.1) is 0 Å². The number of rotatable bonds is 4. The Hall–Kier alpha value is -1.59. The summed E-state index contributed by atoms with van der Waals surface area (Å²) < 4.78 is 0. The lowest BCUT2D eigenvalue weighted by atomic mass is 10.0. The molecule has 1 N–H and O–H groups in total. The molecule has 3 rings (SSSR count). The lowest BCUT2D eigenvalue weighted by Gasteiger charge is -2.34. The van der Waals surface area contributed by atoms with Crippen LogP contribution in [0.4, 0.5) is 0 Å². The van der Waals surface area contributed by atoms with Crippen LogP contribution in [0, 0.1) is 11.8 Å². The van der Waals surface area contributed by atoms with E-state index >= 15 is 0 Å². The van der Waals surface area contributed by atoms with Crippen LogP contribution in [0.15, 0.2) is 0 Å². The Labute approximate surface area is 137 Å². The number of likely N-dealkylation sites (tertiary alicyclic amines) is 2. The van der Waals surface area contributed by atoms with Crippen molar-refractivity contribution in [2.24, 2.45) is 11.8 Å². The molecular weight excluding hydrogens is 294 g/mol. The van der Waals surface area contributed by atoms with Crippen molar-refractivity contribution in [3.63, 3.8) is 0 Å². The van der Waals surface area contributed by atoms with Gasteiger partial charge in [0.25, 0.3) is 0 Å². The maximum atomic E-state index is 12.6. The van der Waals surface area contributed by atoms with Crippen LogP contribution in [0.3, 0.4) is 0 Å². The van der Waals surface area contributed by atoms with E-state index in [0.717, 1.165) is 25.7 Å². The Morgan fingerprint density at radius 1 is 1.09 bits per heavy atom. The fourth-order valence-corrected chi connectivity index (χ4v) is 3.56. The van der Waals surface area contributed by atoms with Gasteiger partial charge in [0.05, 0.1) is 5.92 Å². The molecule has 0 bridgehead atoms. The van der Waals surface area contributed by atoms with Crippen molar-refractivity contribution in [3.05, 3.63) is 0 Å². The number of carbonyl (C=O) groups is 3. The van der Waals surface area contributed by atoms with E-state index in [2.05, 4.69) is 5.32 Å². The van der Waals surface area contributed by atoms with E-state index in [1.54, 1.807) is 4.90 Å². The van der Waals surface area contributed by atoms with Gasteiger partial charge < -0.3 is 15.1 Å². The zero-order chi connectivity index (χ0) is 16.6. The molecule has 2 heterocycles. The number of hydrogen-bond donors (Lipinski definition) is 1. The Balaban J connectivity index is 1.46. The monoisotopic (exact) mass is 321 g/mol. The number of carbonyl (C=O) groups excluding carboxylic acids is 3. The van der Waals surface area contributed by atoms with Crippen LogP contribution < -0.4 is 5.32 Å². The lowest BCUT2D eigenvalue weighted by Crippen LogP contribution is -2.48. The van der Waals surface area contributed by atoms with E-state index < -0.39 is 0 Å². The van der Waals surface area contributed by atoms with Gasteiger partial charge in [0.1, 0.15) is 0 Å². The highest BCUT2D eigenvalue weighted by atomic mass is 16.2. The van der Waals surface area contributed by atoms with Crippen molar-refractivity contribution < 1.29 is 14.4 Å². The zero-order valence-electron chi connectivity index (χ0n) is 14.1. The molecule has 6 nitrogen and oxygen atoms in total. The largest absolute Gasteiger partial charge is 0.353 e. The molecule has 1 atom stereocenters. The lowest BCUT2D eigenvalue weighted by molar-refractivity contribution is -0.137. The second kappa shape index (κ2) is 6.49. The maximum Gasteiger partial charge on any atom is 0.227 e. The molecule has 1 aliphatic carbocycles. The number of piperidine rings is 1. The summed E-state index contributed by atoms with van der Waals surface area (Å²) in [4.78, 5) is 40.1. The van der Waals surface area contributed by atoms with E-state index in [-0.39, 0.29) is 41.6 Å². The molecule has 23 heavy (non-hydrogen) atoms. The number of nitrogens with zero attached hydrogens (tertiary/aromatic N) is 2. The van der Waals surface area contributed by atoms with Crippen molar-refractivity contribution in [3.8, 4) is 0 Å². The highest BCUT2D eigenvalue weighted by Gasteiger charge is 2.38. The highest BCUT2D eigenvalue weighted by molar-refractivity contribution is 5.89. The van der Waals surface area contributed by atoms with Gasteiger partial charge in [0, 0.05) is 44.1 Å². The van der Waals surface area contributed by atoms with Gasteiger partial charge in [0.2, 0.25) is 17.7 Å². The van der Waals surface area contributed by atoms with Crippen LogP contribution in [0.5, 0.6) is 0 Å². The predicted octanol–water partition coefficient (Wildman–Crippen LogP) is 0.761. The standard InChI is InChI=1S/C17H27N3O3/c1-11(2)20-10-13(9-15(20)21)17(23)19-7-5-14(6-8-19)18-16(22)12-3-4-12/h11-14H,3-10H2,1-2H3,(H,18,22). The second-order valence-corrected chi connectivity index (χ2v) is 7.42. The molecule has 0 aromatic heterocycles. The Kier molecular flexibility index (Phi) is 4.60. The first-order valence-electron chi connectivity index (χ1n) is 8.84. The summed E-state index contributed by atoms with van der Waals surface area (Å²) in [5.74, 6) is 0.422. The quantitative estimate of drug-likeness (QED) is 0.831. The smallest absolute Gasteiger partial charge is 0.227 e. The first kappa shape index (κ1) is 16.3. The Bertz CT molecular complexity index is 493. The summed E-state index contributed by atoms with van der Waals surface area (Å²) in [6, 6.07) is 0.355. The van der Waals surface area contributed by atoms with Crippen molar-refractivity contribution in [1.82, 2.24) is 15.1 Å². The van der Waals surface area contributed by atoms with Crippen LogP contribution in [0.2, 0.25) is 0 Å². The molecule has 0 aromatic carbocycles. The molecule has 6 heteroatoms. The molecule has 0 aromatic rings. The van der Waals surface area contributed by atoms with Crippen LogP contribution in [-0.4, -0.2) is 59.2 Å². The fourth-order valence-electron chi connectivity index (χ4n) is 3.56. The molecular formula is C17H27N3O3. The minimum Gasteiger partial charge on any atom is -0.353 e. The van der Waals surface area contributed by atoms with E-state index in [1.807, 2.05) is 18.7 Å².